The summed E-state index contributed by atoms with van der Waals surface area (Å²) in [6, 6.07) is 0.0831. The lowest BCUT2D eigenvalue weighted by atomic mass is 9.85. The van der Waals surface area contributed by atoms with Crippen LogP contribution in [0.1, 0.15) is 44.9 Å². The Hall–Kier alpha value is -0.780. The van der Waals surface area contributed by atoms with E-state index in [1.807, 2.05) is 0 Å². The molecule has 0 aromatic heterocycles. The second-order valence-electron chi connectivity index (χ2n) is 4.99. The van der Waals surface area contributed by atoms with E-state index in [0.29, 0.717) is 19.4 Å². The Bertz CT molecular complexity index is 269. The van der Waals surface area contributed by atoms with Crippen LogP contribution in [-0.4, -0.2) is 24.7 Å². The predicted molar refractivity (Wildman–Crippen MR) is 62.8 cm³/mol. The monoisotopic (exact) mass is 266 g/mol. The summed E-state index contributed by atoms with van der Waals surface area (Å²) in [5.74, 6) is -0.117. The number of hydrogen-bond acceptors (Lipinski definition) is 2. The lowest BCUT2D eigenvalue weighted by Gasteiger charge is -2.25. The zero-order valence-electron chi connectivity index (χ0n) is 10.4. The molecule has 1 rings (SSSR count). The molecule has 1 aliphatic carbocycles. The molecule has 3 nitrogen and oxygen atoms in total. The molecular formula is C12H21F3N2O. The van der Waals surface area contributed by atoms with Crippen molar-refractivity contribution in [2.75, 3.05) is 6.54 Å². The molecule has 3 N–H and O–H groups in total. The summed E-state index contributed by atoms with van der Waals surface area (Å²) in [6.07, 6.45) is -1.02. The second kappa shape index (κ2) is 6.97. The van der Waals surface area contributed by atoms with Crippen molar-refractivity contribution in [1.29, 1.82) is 0 Å². The Balaban J connectivity index is 2.10. The van der Waals surface area contributed by atoms with Gasteiger partial charge in [-0.15, -0.1) is 0 Å². The minimum Gasteiger partial charge on any atom is -0.356 e. The van der Waals surface area contributed by atoms with Gasteiger partial charge in [-0.3, -0.25) is 4.79 Å². The van der Waals surface area contributed by atoms with E-state index in [1.54, 1.807) is 0 Å². The van der Waals surface area contributed by atoms with Gasteiger partial charge in [0.15, 0.2) is 0 Å². The van der Waals surface area contributed by atoms with Crippen molar-refractivity contribution in [3.63, 3.8) is 0 Å². The third-order valence-corrected chi connectivity index (χ3v) is 3.27. The highest BCUT2D eigenvalue weighted by atomic mass is 19.4. The Morgan fingerprint density at radius 1 is 1.28 bits per heavy atom. The van der Waals surface area contributed by atoms with Gasteiger partial charge in [0, 0.05) is 24.9 Å². The molecule has 0 aliphatic heterocycles. The average molecular weight is 266 g/mol. The fourth-order valence-electron chi connectivity index (χ4n) is 2.27. The van der Waals surface area contributed by atoms with Crippen LogP contribution in [-0.2, 0) is 4.79 Å². The average Bonchev–Trinajstić information content (AvgIpc) is 2.26. The highest BCUT2D eigenvalue weighted by Crippen LogP contribution is 2.23. The standard InChI is InChI=1S/C12H21F3N2O/c13-12(14,15)6-1-2-7-17-11(18)9-4-3-5-10(16)8-9/h9-10H,1-8,16H2,(H,17,18). The molecule has 1 fully saturated rings. The smallest absolute Gasteiger partial charge is 0.356 e. The maximum atomic E-state index is 11.9. The molecule has 1 amide bonds. The number of nitrogens with two attached hydrogens (primary N) is 1. The van der Waals surface area contributed by atoms with Crippen molar-refractivity contribution in [2.24, 2.45) is 11.7 Å². The molecule has 2 unspecified atom stereocenters. The van der Waals surface area contributed by atoms with Gasteiger partial charge in [-0.2, -0.15) is 13.2 Å². The minimum atomic E-state index is -4.10. The zero-order valence-corrected chi connectivity index (χ0v) is 10.4. The van der Waals surface area contributed by atoms with Crippen molar-refractivity contribution in [3.8, 4) is 0 Å². The first-order valence-corrected chi connectivity index (χ1v) is 6.48. The number of hydrogen-bond donors (Lipinski definition) is 2. The normalized spacial score (nSPS) is 24.9. The molecule has 0 radical (unpaired) electrons. The van der Waals surface area contributed by atoms with Gasteiger partial charge < -0.3 is 11.1 Å². The molecule has 2 atom stereocenters. The van der Waals surface area contributed by atoms with E-state index in [9.17, 15) is 18.0 Å². The fourth-order valence-corrected chi connectivity index (χ4v) is 2.27. The Morgan fingerprint density at radius 3 is 2.61 bits per heavy atom. The molecule has 0 aromatic rings. The number of carbonyl (C=O) groups is 1. The molecule has 1 saturated carbocycles. The fraction of sp³-hybridized carbons (Fsp3) is 0.917. The summed E-state index contributed by atoms with van der Waals surface area (Å²) < 4.78 is 35.6. The molecular weight excluding hydrogens is 245 g/mol. The number of nitrogens with one attached hydrogen (secondary N) is 1. The van der Waals surface area contributed by atoms with E-state index in [2.05, 4.69) is 5.32 Å². The SMILES string of the molecule is NC1CCCC(C(=O)NCCCCC(F)(F)F)C1. The van der Waals surface area contributed by atoms with Crippen LogP contribution in [0.2, 0.25) is 0 Å². The van der Waals surface area contributed by atoms with Crippen LogP contribution in [0.15, 0.2) is 0 Å². The van der Waals surface area contributed by atoms with Crippen LogP contribution in [0.3, 0.4) is 0 Å². The van der Waals surface area contributed by atoms with Gasteiger partial charge in [-0.1, -0.05) is 6.42 Å². The maximum Gasteiger partial charge on any atom is 0.389 e. The van der Waals surface area contributed by atoms with Crippen LogP contribution < -0.4 is 11.1 Å². The summed E-state index contributed by atoms with van der Waals surface area (Å²) in [5.41, 5.74) is 5.78. The molecule has 0 saturated heterocycles. The third-order valence-electron chi connectivity index (χ3n) is 3.27. The van der Waals surface area contributed by atoms with Gasteiger partial charge >= 0.3 is 6.18 Å². The van der Waals surface area contributed by atoms with E-state index >= 15 is 0 Å². The molecule has 0 bridgehead atoms. The number of alkyl halides is 3. The molecule has 0 spiro atoms. The molecule has 6 heteroatoms. The minimum absolute atomic E-state index is 0.0582. The molecule has 18 heavy (non-hydrogen) atoms. The quantitative estimate of drug-likeness (QED) is 0.750. The van der Waals surface area contributed by atoms with Gasteiger partial charge in [0.25, 0.3) is 0 Å². The van der Waals surface area contributed by atoms with E-state index in [-0.39, 0.29) is 24.3 Å². The molecule has 0 aromatic carbocycles. The number of unbranched alkanes of at least 4 members (excludes halogenated alkanes) is 1. The summed E-state index contributed by atoms with van der Waals surface area (Å²) in [4.78, 5) is 11.7. The van der Waals surface area contributed by atoms with E-state index in [1.165, 1.54) is 0 Å². The molecule has 0 heterocycles. The van der Waals surface area contributed by atoms with E-state index in [0.717, 1.165) is 19.3 Å². The predicted octanol–water partition coefficient (Wildman–Crippen LogP) is 2.35. The van der Waals surface area contributed by atoms with Crippen molar-refractivity contribution in [3.05, 3.63) is 0 Å². The highest BCUT2D eigenvalue weighted by Gasteiger charge is 2.26. The largest absolute Gasteiger partial charge is 0.389 e. The zero-order chi connectivity index (χ0) is 13.6. The first-order valence-electron chi connectivity index (χ1n) is 6.48. The van der Waals surface area contributed by atoms with Gasteiger partial charge in [0.2, 0.25) is 5.91 Å². The van der Waals surface area contributed by atoms with Gasteiger partial charge in [-0.05, 0) is 32.1 Å². The van der Waals surface area contributed by atoms with Gasteiger partial charge in [-0.25, -0.2) is 0 Å². The Morgan fingerprint density at radius 2 is 2.00 bits per heavy atom. The summed E-state index contributed by atoms with van der Waals surface area (Å²) in [7, 11) is 0. The number of halogens is 3. The molecule has 1 aliphatic rings. The van der Waals surface area contributed by atoms with Crippen molar-refractivity contribution >= 4 is 5.91 Å². The van der Waals surface area contributed by atoms with Gasteiger partial charge in [0.05, 0.1) is 0 Å². The van der Waals surface area contributed by atoms with Crippen molar-refractivity contribution < 1.29 is 18.0 Å². The topological polar surface area (TPSA) is 55.1 Å². The van der Waals surface area contributed by atoms with Crippen LogP contribution in [0, 0.1) is 5.92 Å². The first kappa shape index (κ1) is 15.3. The van der Waals surface area contributed by atoms with E-state index < -0.39 is 12.6 Å². The van der Waals surface area contributed by atoms with Crippen LogP contribution in [0.5, 0.6) is 0 Å². The lowest BCUT2D eigenvalue weighted by molar-refractivity contribution is -0.135. The number of amides is 1. The third kappa shape index (κ3) is 6.23. The van der Waals surface area contributed by atoms with Crippen molar-refractivity contribution in [2.45, 2.75) is 57.2 Å². The number of rotatable bonds is 5. The van der Waals surface area contributed by atoms with Crippen molar-refractivity contribution in [1.82, 2.24) is 5.32 Å². The summed E-state index contributed by atoms with van der Waals surface area (Å²) in [5, 5.41) is 2.70. The lowest BCUT2D eigenvalue weighted by Crippen LogP contribution is -2.38. The van der Waals surface area contributed by atoms with Crippen LogP contribution >= 0.6 is 0 Å². The van der Waals surface area contributed by atoms with Crippen LogP contribution in [0.25, 0.3) is 0 Å². The van der Waals surface area contributed by atoms with Gasteiger partial charge in [0.1, 0.15) is 0 Å². The maximum absolute atomic E-state index is 11.9. The summed E-state index contributed by atoms with van der Waals surface area (Å²) >= 11 is 0. The summed E-state index contributed by atoms with van der Waals surface area (Å²) in [6.45, 7) is 0.320. The Kier molecular flexibility index (Phi) is 5.91. The second-order valence-corrected chi connectivity index (χ2v) is 4.99. The van der Waals surface area contributed by atoms with Crippen LogP contribution in [0.4, 0.5) is 13.2 Å². The Labute approximate surface area is 105 Å². The highest BCUT2D eigenvalue weighted by molar-refractivity contribution is 5.78. The first-order chi connectivity index (χ1) is 8.38. The number of carbonyl (C=O) groups excluding carboxylic acids is 1. The van der Waals surface area contributed by atoms with E-state index in [4.69, 9.17) is 5.73 Å². The molecule has 106 valence electrons.